The second kappa shape index (κ2) is 20.8. The van der Waals surface area contributed by atoms with Gasteiger partial charge in [-0.3, -0.25) is 4.98 Å². The van der Waals surface area contributed by atoms with Gasteiger partial charge in [0.1, 0.15) is 0 Å². The first-order chi connectivity index (χ1) is 11.7. The number of unbranched alkanes of at least 4 members (excludes halogenated alkanes) is 13. The standard InChI is InChI=1S/C19H43NO3Si.BrH/c1-5-6-7-8-9-10-11-12-13-14-15-16-17-18-19-20-24(21-2,22-3)23-4;/h20H,5-19H2,1-4H3;1H. The Morgan fingerprint density at radius 1 is 0.560 bits per heavy atom. The summed E-state index contributed by atoms with van der Waals surface area (Å²) in [5.41, 5.74) is 0. The molecule has 1 N–H and O–H groups in total. The fourth-order valence-electron chi connectivity index (χ4n) is 3.03. The van der Waals surface area contributed by atoms with Gasteiger partial charge < -0.3 is 13.3 Å². The Hall–Kier alpha value is 0.537. The molecule has 0 aliphatic carbocycles. The highest BCUT2D eigenvalue weighted by Gasteiger charge is 2.38. The van der Waals surface area contributed by atoms with Gasteiger partial charge in [0, 0.05) is 21.3 Å². The summed E-state index contributed by atoms with van der Waals surface area (Å²) in [5, 5.41) is 0. The zero-order valence-electron chi connectivity index (χ0n) is 17.2. The van der Waals surface area contributed by atoms with Crippen molar-refractivity contribution in [3.63, 3.8) is 0 Å². The van der Waals surface area contributed by atoms with Crippen LogP contribution >= 0.6 is 17.0 Å². The van der Waals surface area contributed by atoms with E-state index in [1.54, 1.807) is 21.3 Å². The minimum atomic E-state index is -2.57. The third-order valence-electron chi connectivity index (χ3n) is 4.68. The summed E-state index contributed by atoms with van der Waals surface area (Å²) in [4.78, 5) is 3.30. The Labute approximate surface area is 169 Å². The topological polar surface area (TPSA) is 39.7 Å². The maximum Gasteiger partial charge on any atom is 0.595 e. The summed E-state index contributed by atoms with van der Waals surface area (Å²) in [6.45, 7) is 3.18. The minimum Gasteiger partial charge on any atom is -0.364 e. The molecule has 0 aromatic carbocycles. The third kappa shape index (κ3) is 16.4. The van der Waals surface area contributed by atoms with E-state index in [1.807, 2.05) is 0 Å². The van der Waals surface area contributed by atoms with Crippen molar-refractivity contribution >= 4 is 25.9 Å². The number of hydrogen-bond acceptors (Lipinski definition) is 4. The van der Waals surface area contributed by atoms with Gasteiger partial charge in [-0.25, -0.2) is 0 Å². The van der Waals surface area contributed by atoms with E-state index in [9.17, 15) is 0 Å². The molecule has 6 heteroatoms. The van der Waals surface area contributed by atoms with Crippen LogP contribution in [-0.4, -0.2) is 36.8 Å². The van der Waals surface area contributed by atoms with Crippen LogP contribution in [0.1, 0.15) is 96.8 Å². The smallest absolute Gasteiger partial charge is 0.364 e. The Balaban J connectivity index is 0. The molecule has 0 radical (unpaired) electrons. The molecule has 0 heterocycles. The Kier molecular flexibility index (Phi) is 23.1. The zero-order valence-corrected chi connectivity index (χ0v) is 20.0. The maximum atomic E-state index is 5.34. The monoisotopic (exact) mass is 441 g/mol. The lowest BCUT2D eigenvalue weighted by atomic mass is 10.0. The van der Waals surface area contributed by atoms with Gasteiger partial charge in [0.2, 0.25) is 0 Å². The van der Waals surface area contributed by atoms with Gasteiger partial charge in [-0.15, -0.1) is 17.0 Å². The highest BCUT2D eigenvalue weighted by molar-refractivity contribution is 8.93. The summed E-state index contributed by atoms with van der Waals surface area (Å²) in [5.74, 6) is 0. The van der Waals surface area contributed by atoms with Crippen molar-refractivity contribution in [3.8, 4) is 0 Å². The average Bonchev–Trinajstić information content (AvgIpc) is 2.62. The quantitative estimate of drug-likeness (QED) is 0.196. The Morgan fingerprint density at radius 3 is 1.20 bits per heavy atom. The summed E-state index contributed by atoms with van der Waals surface area (Å²) >= 11 is 0. The normalized spacial score (nSPS) is 11.5. The van der Waals surface area contributed by atoms with E-state index in [4.69, 9.17) is 13.3 Å². The van der Waals surface area contributed by atoms with E-state index < -0.39 is 8.97 Å². The molecule has 0 saturated heterocycles. The van der Waals surface area contributed by atoms with Crippen LogP contribution in [0.5, 0.6) is 0 Å². The lowest BCUT2D eigenvalue weighted by Crippen LogP contribution is -2.57. The molecule has 0 fully saturated rings. The average molecular weight is 443 g/mol. The van der Waals surface area contributed by atoms with Crippen LogP contribution < -0.4 is 4.98 Å². The van der Waals surface area contributed by atoms with Crippen molar-refractivity contribution in [1.82, 2.24) is 4.98 Å². The van der Waals surface area contributed by atoms with Gasteiger partial charge in [-0.2, -0.15) is 0 Å². The van der Waals surface area contributed by atoms with E-state index >= 15 is 0 Å². The van der Waals surface area contributed by atoms with Crippen molar-refractivity contribution in [2.24, 2.45) is 0 Å². The van der Waals surface area contributed by atoms with Gasteiger partial charge in [0.15, 0.2) is 0 Å². The van der Waals surface area contributed by atoms with Crippen molar-refractivity contribution in [2.45, 2.75) is 96.8 Å². The first-order valence-electron chi connectivity index (χ1n) is 10.1. The lowest BCUT2D eigenvalue weighted by molar-refractivity contribution is 0.110. The summed E-state index contributed by atoms with van der Waals surface area (Å²) in [7, 11) is 2.34. The van der Waals surface area contributed by atoms with Crippen LogP contribution in [0.15, 0.2) is 0 Å². The molecule has 0 aliphatic heterocycles. The first kappa shape index (κ1) is 27.8. The highest BCUT2D eigenvalue weighted by atomic mass is 79.9. The largest absolute Gasteiger partial charge is 0.595 e. The third-order valence-corrected chi connectivity index (χ3v) is 6.97. The first-order valence-corrected chi connectivity index (χ1v) is 11.9. The van der Waals surface area contributed by atoms with E-state index in [2.05, 4.69) is 11.9 Å². The van der Waals surface area contributed by atoms with Gasteiger partial charge in [0.05, 0.1) is 0 Å². The molecule has 0 unspecified atom stereocenters. The molecule has 0 atom stereocenters. The van der Waals surface area contributed by atoms with E-state index in [0.717, 1.165) is 13.0 Å². The fourth-order valence-corrected chi connectivity index (χ4v) is 4.44. The molecule has 0 aromatic heterocycles. The zero-order chi connectivity index (χ0) is 17.9. The number of halogens is 1. The van der Waals surface area contributed by atoms with Crippen LogP contribution in [0.3, 0.4) is 0 Å². The van der Waals surface area contributed by atoms with E-state index in [-0.39, 0.29) is 17.0 Å². The molecule has 0 bridgehead atoms. The minimum absolute atomic E-state index is 0. The van der Waals surface area contributed by atoms with Crippen molar-refractivity contribution in [2.75, 3.05) is 27.9 Å². The highest BCUT2D eigenvalue weighted by Crippen LogP contribution is 2.13. The Bertz CT molecular complexity index is 249. The fraction of sp³-hybridized carbons (Fsp3) is 1.00. The Morgan fingerprint density at radius 2 is 0.880 bits per heavy atom. The predicted molar refractivity (Wildman–Crippen MR) is 115 cm³/mol. The number of nitrogens with one attached hydrogen (secondary N) is 1. The van der Waals surface area contributed by atoms with Crippen LogP contribution in [0.2, 0.25) is 0 Å². The van der Waals surface area contributed by atoms with Gasteiger partial charge in [0.25, 0.3) is 0 Å². The van der Waals surface area contributed by atoms with Gasteiger partial charge in [-0.1, -0.05) is 90.4 Å². The molecule has 0 spiro atoms. The van der Waals surface area contributed by atoms with Crippen LogP contribution in [0.25, 0.3) is 0 Å². The van der Waals surface area contributed by atoms with Crippen molar-refractivity contribution in [1.29, 1.82) is 0 Å². The number of rotatable bonds is 19. The SMILES string of the molecule is Br.CCCCCCCCCCCCCCCCN[Si](OC)(OC)OC. The molecule has 0 aliphatic rings. The molecular formula is C19H44BrNO3Si. The van der Waals surface area contributed by atoms with Crippen molar-refractivity contribution < 1.29 is 13.3 Å². The van der Waals surface area contributed by atoms with Crippen LogP contribution in [0, 0.1) is 0 Å². The second-order valence-electron chi connectivity index (χ2n) is 6.69. The van der Waals surface area contributed by atoms with Gasteiger partial charge in [-0.05, 0) is 13.0 Å². The molecular weight excluding hydrogens is 398 g/mol. The number of hydrogen-bond donors (Lipinski definition) is 1. The molecule has 0 aromatic rings. The summed E-state index contributed by atoms with van der Waals surface area (Å²) < 4.78 is 16.0. The molecule has 154 valence electrons. The van der Waals surface area contributed by atoms with E-state index in [0.29, 0.717) is 0 Å². The summed E-state index contributed by atoms with van der Waals surface area (Å²) in [6, 6.07) is 0. The molecule has 0 amide bonds. The second-order valence-corrected chi connectivity index (χ2v) is 9.38. The van der Waals surface area contributed by atoms with E-state index in [1.165, 1.54) is 83.5 Å². The van der Waals surface area contributed by atoms with Gasteiger partial charge >= 0.3 is 8.97 Å². The lowest BCUT2D eigenvalue weighted by Gasteiger charge is -2.24. The summed E-state index contributed by atoms with van der Waals surface area (Å²) in [6.07, 6.45) is 19.4. The molecule has 25 heavy (non-hydrogen) atoms. The maximum absolute atomic E-state index is 5.34. The van der Waals surface area contributed by atoms with Crippen LogP contribution in [-0.2, 0) is 13.3 Å². The van der Waals surface area contributed by atoms with Crippen LogP contribution in [0.4, 0.5) is 0 Å². The molecule has 0 rings (SSSR count). The molecule has 0 saturated carbocycles. The molecule has 4 nitrogen and oxygen atoms in total. The van der Waals surface area contributed by atoms with Crippen molar-refractivity contribution in [3.05, 3.63) is 0 Å². The predicted octanol–water partition coefficient (Wildman–Crippen LogP) is 6.01.